The van der Waals surface area contributed by atoms with Crippen molar-refractivity contribution < 1.29 is 19.8 Å². The van der Waals surface area contributed by atoms with E-state index in [-0.39, 0.29) is 12.8 Å². The van der Waals surface area contributed by atoms with E-state index in [1.807, 2.05) is 0 Å². The molecule has 2 aliphatic rings. The number of fused-ring (bicyclic) bond motifs is 1. The van der Waals surface area contributed by atoms with Crippen LogP contribution in [0.3, 0.4) is 0 Å². The number of carbonyl (C=O) groups is 2. The van der Waals surface area contributed by atoms with Gasteiger partial charge in [-0.25, -0.2) is 0 Å². The number of hydrogen-bond donors (Lipinski definition) is 3. The zero-order chi connectivity index (χ0) is 21.5. The van der Waals surface area contributed by atoms with Crippen LogP contribution in [-0.4, -0.2) is 41.8 Å². The zero-order valence-corrected chi connectivity index (χ0v) is 17.6. The molecule has 0 bridgehead atoms. The molecular weight excluding hydrogens is 404 g/mol. The molecule has 0 saturated carbocycles. The van der Waals surface area contributed by atoms with Gasteiger partial charge in [0.2, 0.25) is 0 Å². The van der Waals surface area contributed by atoms with Crippen LogP contribution in [0.5, 0.6) is 0 Å². The van der Waals surface area contributed by atoms with Crippen LogP contribution in [0.1, 0.15) is 42.0 Å². The van der Waals surface area contributed by atoms with Crippen LogP contribution in [0.15, 0.2) is 42.5 Å². The smallest absolute Gasteiger partial charge is 0.303 e. The molecule has 160 valence electrons. The van der Waals surface area contributed by atoms with Crippen molar-refractivity contribution in [1.82, 2.24) is 5.32 Å². The van der Waals surface area contributed by atoms with E-state index < -0.39 is 11.9 Å². The van der Waals surface area contributed by atoms with E-state index in [2.05, 4.69) is 52.7 Å². The molecule has 1 atom stereocenters. The number of carboxylic acid groups (broad SMARTS) is 2. The molecule has 7 heteroatoms. The Bertz CT molecular complexity index is 874. The maximum absolute atomic E-state index is 9.64. The number of benzene rings is 2. The van der Waals surface area contributed by atoms with Crippen LogP contribution < -0.4 is 10.2 Å². The van der Waals surface area contributed by atoms with E-state index >= 15 is 0 Å². The molecule has 3 N–H and O–H groups in total. The molecule has 2 aromatic rings. The topological polar surface area (TPSA) is 89.9 Å². The van der Waals surface area contributed by atoms with Crippen LogP contribution in [0.2, 0.25) is 5.02 Å². The maximum Gasteiger partial charge on any atom is 0.303 e. The highest BCUT2D eigenvalue weighted by atomic mass is 35.5. The third-order valence-corrected chi connectivity index (χ3v) is 5.80. The SMILES string of the molecule is Clc1ccc2c(c1N1CCC1c1ccccc1)CCNCC2.O=C(O)CCC(=O)O. The molecule has 2 aromatic carbocycles. The third kappa shape index (κ3) is 5.52. The molecule has 0 spiro atoms. The first-order chi connectivity index (χ1) is 14.5. The monoisotopic (exact) mass is 430 g/mol. The predicted molar refractivity (Wildman–Crippen MR) is 117 cm³/mol. The largest absolute Gasteiger partial charge is 0.481 e. The highest BCUT2D eigenvalue weighted by Crippen LogP contribution is 2.44. The molecule has 2 heterocycles. The van der Waals surface area contributed by atoms with Crippen molar-refractivity contribution in [1.29, 1.82) is 0 Å². The van der Waals surface area contributed by atoms with Crippen LogP contribution >= 0.6 is 11.6 Å². The van der Waals surface area contributed by atoms with Crippen molar-refractivity contribution in [3.05, 3.63) is 64.2 Å². The van der Waals surface area contributed by atoms with Gasteiger partial charge < -0.3 is 20.4 Å². The molecule has 4 rings (SSSR count). The molecule has 1 saturated heterocycles. The molecule has 1 fully saturated rings. The Hall–Kier alpha value is -2.57. The molecule has 1 unspecified atom stereocenters. The normalized spacial score (nSPS) is 17.6. The van der Waals surface area contributed by atoms with Crippen molar-refractivity contribution in [2.45, 2.75) is 38.1 Å². The average Bonchev–Trinajstić information content (AvgIpc) is 2.95. The molecular formula is C23H27ClN2O4. The first-order valence-corrected chi connectivity index (χ1v) is 10.6. The van der Waals surface area contributed by atoms with Gasteiger partial charge in [-0.3, -0.25) is 9.59 Å². The lowest BCUT2D eigenvalue weighted by atomic mass is 9.91. The fraction of sp³-hybridized carbons (Fsp3) is 0.391. The Morgan fingerprint density at radius 3 is 2.27 bits per heavy atom. The van der Waals surface area contributed by atoms with E-state index in [1.165, 1.54) is 28.8 Å². The molecule has 0 aromatic heterocycles. The van der Waals surface area contributed by atoms with Gasteiger partial charge >= 0.3 is 11.9 Å². The van der Waals surface area contributed by atoms with Gasteiger partial charge in [0.25, 0.3) is 0 Å². The summed E-state index contributed by atoms with van der Waals surface area (Å²) in [5, 5.41) is 20.2. The van der Waals surface area contributed by atoms with Gasteiger partial charge in [-0.2, -0.15) is 0 Å². The molecule has 0 amide bonds. The number of nitrogens with one attached hydrogen (secondary N) is 1. The van der Waals surface area contributed by atoms with Crippen LogP contribution in [-0.2, 0) is 22.4 Å². The van der Waals surface area contributed by atoms with E-state index in [0.29, 0.717) is 6.04 Å². The van der Waals surface area contributed by atoms with E-state index in [0.717, 1.165) is 37.5 Å². The first-order valence-electron chi connectivity index (χ1n) is 10.2. The number of anilines is 1. The summed E-state index contributed by atoms with van der Waals surface area (Å²) in [4.78, 5) is 21.8. The summed E-state index contributed by atoms with van der Waals surface area (Å²) in [5.41, 5.74) is 5.60. The molecule has 2 aliphatic heterocycles. The third-order valence-electron chi connectivity index (χ3n) is 5.50. The number of aliphatic carboxylic acids is 2. The number of nitrogens with zero attached hydrogens (tertiary/aromatic N) is 1. The van der Waals surface area contributed by atoms with Crippen molar-refractivity contribution in [2.75, 3.05) is 24.5 Å². The second-order valence-corrected chi connectivity index (χ2v) is 7.89. The van der Waals surface area contributed by atoms with E-state index in [4.69, 9.17) is 21.8 Å². The van der Waals surface area contributed by atoms with Gasteiger partial charge in [-0.15, -0.1) is 0 Å². The molecule has 30 heavy (non-hydrogen) atoms. The van der Waals surface area contributed by atoms with Gasteiger partial charge in [0, 0.05) is 6.54 Å². The minimum atomic E-state index is -1.08. The van der Waals surface area contributed by atoms with E-state index in [9.17, 15) is 9.59 Å². The molecule has 0 radical (unpaired) electrons. The lowest BCUT2D eigenvalue weighted by molar-refractivity contribution is -0.143. The Labute approximate surface area is 181 Å². The van der Waals surface area contributed by atoms with Crippen molar-refractivity contribution in [2.24, 2.45) is 0 Å². The average molecular weight is 431 g/mol. The summed E-state index contributed by atoms with van der Waals surface area (Å²) in [7, 11) is 0. The Morgan fingerprint density at radius 1 is 1.00 bits per heavy atom. The van der Waals surface area contributed by atoms with Crippen LogP contribution in [0.25, 0.3) is 0 Å². The van der Waals surface area contributed by atoms with Crippen LogP contribution in [0, 0.1) is 0 Å². The minimum absolute atomic E-state index is 0.296. The van der Waals surface area contributed by atoms with Crippen molar-refractivity contribution in [3.63, 3.8) is 0 Å². The Kier molecular flexibility index (Phi) is 7.71. The van der Waals surface area contributed by atoms with E-state index in [1.54, 1.807) is 0 Å². The summed E-state index contributed by atoms with van der Waals surface area (Å²) in [6.45, 7) is 3.21. The minimum Gasteiger partial charge on any atom is -0.481 e. The maximum atomic E-state index is 9.64. The van der Waals surface area contributed by atoms with Crippen molar-refractivity contribution >= 4 is 29.2 Å². The number of rotatable bonds is 5. The zero-order valence-electron chi connectivity index (χ0n) is 16.8. The summed E-state index contributed by atoms with van der Waals surface area (Å²) in [6, 6.07) is 15.6. The number of carboxylic acids is 2. The highest BCUT2D eigenvalue weighted by molar-refractivity contribution is 6.33. The summed E-state index contributed by atoms with van der Waals surface area (Å²) in [6.07, 6.45) is 2.79. The predicted octanol–water partition coefficient (Wildman–Crippen LogP) is 3.92. The number of hydrogen-bond acceptors (Lipinski definition) is 4. The van der Waals surface area contributed by atoms with Gasteiger partial charge in [0.1, 0.15) is 0 Å². The standard InChI is InChI=1S/C19H21ClN2.C4H6O4/c20-17-7-6-14-8-11-21-12-9-16(14)19(17)22-13-10-18(22)15-4-2-1-3-5-15;5-3(6)1-2-4(7)8/h1-7,18,21H,8-13H2;1-2H2,(H,5,6)(H,7,8). The molecule has 6 nitrogen and oxygen atoms in total. The van der Waals surface area contributed by atoms with Gasteiger partial charge in [0.05, 0.1) is 29.6 Å². The Balaban J connectivity index is 0.000000275. The van der Waals surface area contributed by atoms with Crippen molar-refractivity contribution in [3.8, 4) is 0 Å². The number of halogens is 1. The lowest BCUT2D eigenvalue weighted by Crippen LogP contribution is -2.41. The molecule has 0 aliphatic carbocycles. The second kappa shape index (κ2) is 10.5. The summed E-state index contributed by atoms with van der Waals surface area (Å²) in [5.74, 6) is -2.15. The second-order valence-electron chi connectivity index (χ2n) is 7.48. The summed E-state index contributed by atoms with van der Waals surface area (Å²) < 4.78 is 0. The summed E-state index contributed by atoms with van der Waals surface area (Å²) >= 11 is 6.61. The van der Waals surface area contributed by atoms with Gasteiger partial charge in [-0.1, -0.05) is 48.0 Å². The Morgan fingerprint density at radius 2 is 1.67 bits per heavy atom. The quantitative estimate of drug-likeness (QED) is 0.666. The fourth-order valence-corrected chi connectivity index (χ4v) is 4.21. The first kappa shape index (κ1) is 22.1. The highest BCUT2D eigenvalue weighted by Gasteiger charge is 2.33. The van der Waals surface area contributed by atoms with Crippen LogP contribution in [0.4, 0.5) is 5.69 Å². The van der Waals surface area contributed by atoms with Gasteiger partial charge in [0.15, 0.2) is 0 Å². The lowest BCUT2D eigenvalue weighted by Gasteiger charge is -2.45. The fourth-order valence-electron chi connectivity index (χ4n) is 3.93. The van der Waals surface area contributed by atoms with Gasteiger partial charge in [-0.05, 0) is 55.1 Å².